The lowest BCUT2D eigenvalue weighted by atomic mass is 10.2. The fourth-order valence-corrected chi connectivity index (χ4v) is 0.762. The van der Waals surface area contributed by atoms with Gasteiger partial charge in [-0.05, 0) is 23.7 Å². The highest BCUT2D eigenvalue weighted by atomic mass is 16.3. The molecule has 0 fully saturated rings. The van der Waals surface area contributed by atoms with E-state index in [9.17, 15) is 4.91 Å². The number of aryl methyl sites for hydroxylation is 1. The minimum Gasteiger partial charge on any atom is -0.506 e. The Kier molecular flexibility index (Phi) is 1.67. The predicted octanol–water partition coefficient (Wildman–Crippen LogP) is 2.10. The average Bonchev–Trinajstić information content (AvgIpc) is 1.88. The maximum Gasteiger partial charge on any atom is 0.152 e. The monoisotopic (exact) mass is 137 g/mol. The van der Waals surface area contributed by atoms with Gasteiger partial charge in [-0.1, -0.05) is 12.1 Å². The summed E-state index contributed by atoms with van der Waals surface area (Å²) in [6.07, 6.45) is 0. The Balaban J connectivity index is 3.30. The molecular formula is C7H7NO2. The van der Waals surface area contributed by atoms with E-state index < -0.39 is 0 Å². The Bertz CT molecular complexity index is 238. The highest BCUT2D eigenvalue weighted by molar-refractivity contribution is 5.55. The van der Waals surface area contributed by atoms with E-state index in [2.05, 4.69) is 5.18 Å². The Morgan fingerprint density at radius 1 is 1.50 bits per heavy atom. The summed E-state index contributed by atoms with van der Waals surface area (Å²) in [6, 6.07) is 4.82. The molecule has 0 saturated heterocycles. The van der Waals surface area contributed by atoms with Crippen molar-refractivity contribution in [1.29, 1.82) is 0 Å². The zero-order chi connectivity index (χ0) is 7.56. The molecular weight excluding hydrogens is 130 g/mol. The van der Waals surface area contributed by atoms with Crippen molar-refractivity contribution in [2.24, 2.45) is 5.18 Å². The smallest absolute Gasteiger partial charge is 0.152 e. The van der Waals surface area contributed by atoms with Crippen LogP contribution in [0.2, 0.25) is 0 Å². The van der Waals surface area contributed by atoms with Crippen molar-refractivity contribution >= 4 is 5.69 Å². The van der Waals surface area contributed by atoms with Crippen molar-refractivity contribution in [3.63, 3.8) is 0 Å². The van der Waals surface area contributed by atoms with Gasteiger partial charge in [0.15, 0.2) is 5.69 Å². The molecule has 1 N–H and O–H groups in total. The maximum atomic E-state index is 10.0. The molecule has 10 heavy (non-hydrogen) atoms. The van der Waals surface area contributed by atoms with Crippen LogP contribution in [-0.4, -0.2) is 5.11 Å². The van der Waals surface area contributed by atoms with E-state index in [1.54, 1.807) is 19.1 Å². The number of rotatable bonds is 1. The normalized spacial score (nSPS) is 9.30. The molecule has 0 atom stereocenters. The van der Waals surface area contributed by atoms with E-state index >= 15 is 0 Å². The van der Waals surface area contributed by atoms with Gasteiger partial charge in [0.25, 0.3) is 0 Å². The van der Waals surface area contributed by atoms with Crippen LogP contribution in [-0.2, 0) is 0 Å². The van der Waals surface area contributed by atoms with Crippen LogP contribution in [0, 0.1) is 11.8 Å². The number of hydrogen-bond acceptors (Lipinski definition) is 3. The van der Waals surface area contributed by atoms with Gasteiger partial charge in [-0.3, -0.25) is 0 Å². The zero-order valence-electron chi connectivity index (χ0n) is 5.53. The van der Waals surface area contributed by atoms with Crippen LogP contribution in [0.25, 0.3) is 0 Å². The van der Waals surface area contributed by atoms with Gasteiger partial charge < -0.3 is 5.11 Å². The third-order valence-corrected chi connectivity index (χ3v) is 1.31. The molecule has 0 bridgehead atoms. The van der Waals surface area contributed by atoms with Crippen molar-refractivity contribution < 1.29 is 5.11 Å². The van der Waals surface area contributed by atoms with Gasteiger partial charge in [-0.15, -0.1) is 4.91 Å². The molecule has 0 spiro atoms. The van der Waals surface area contributed by atoms with E-state index in [-0.39, 0.29) is 11.4 Å². The average molecular weight is 137 g/mol. The lowest BCUT2D eigenvalue weighted by Crippen LogP contribution is -1.72. The molecule has 52 valence electrons. The third kappa shape index (κ3) is 0.978. The maximum absolute atomic E-state index is 10.0. The molecule has 0 heterocycles. The number of phenols is 1. The Labute approximate surface area is 58.3 Å². The van der Waals surface area contributed by atoms with E-state index in [1.165, 1.54) is 6.07 Å². The summed E-state index contributed by atoms with van der Waals surface area (Å²) >= 11 is 0. The summed E-state index contributed by atoms with van der Waals surface area (Å²) in [5, 5.41) is 11.7. The summed E-state index contributed by atoms with van der Waals surface area (Å²) in [7, 11) is 0. The molecule has 0 saturated carbocycles. The Morgan fingerprint density at radius 3 is 2.60 bits per heavy atom. The van der Waals surface area contributed by atoms with Gasteiger partial charge in [0.2, 0.25) is 0 Å². The topological polar surface area (TPSA) is 49.7 Å². The number of benzene rings is 1. The largest absolute Gasteiger partial charge is 0.506 e. The minimum absolute atomic E-state index is 0.0602. The van der Waals surface area contributed by atoms with Crippen molar-refractivity contribution in [3.8, 4) is 5.75 Å². The fourth-order valence-electron chi connectivity index (χ4n) is 0.762. The highest BCUT2D eigenvalue weighted by Gasteiger charge is 2.01. The SMILES string of the molecule is Cc1cccc(O)c1N=O. The summed E-state index contributed by atoms with van der Waals surface area (Å²) in [4.78, 5) is 10.0. The molecule has 0 aliphatic rings. The second-order valence-electron chi connectivity index (χ2n) is 2.03. The molecule has 0 amide bonds. The summed E-state index contributed by atoms with van der Waals surface area (Å²) in [5.74, 6) is -0.0602. The third-order valence-electron chi connectivity index (χ3n) is 1.31. The highest BCUT2D eigenvalue weighted by Crippen LogP contribution is 2.28. The Hall–Kier alpha value is -1.38. The van der Waals surface area contributed by atoms with E-state index in [0.717, 1.165) is 0 Å². The van der Waals surface area contributed by atoms with Gasteiger partial charge in [0, 0.05) is 0 Å². The van der Waals surface area contributed by atoms with Gasteiger partial charge in [-0.25, -0.2) is 0 Å². The van der Waals surface area contributed by atoms with Crippen LogP contribution in [0.15, 0.2) is 23.4 Å². The lowest BCUT2D eigenvalue weighted by molar-refractivity contribution is 0.476. The van der Waals surface area contributed by atoms with Crippen LogP contribution in [0.1, 0.15) is 5.56 Å². The van der Waals surface area contributed by atoms with E-state index in [1.807, 2.05) is 0 Å². The van der Waals surface area contributed by atoms with Crippen LogP contribution in [0.3, 0.4) is 0 Å². The molecule has 3 nitrogen and oxygen atoms in total. The summed E-state index contributed by atoms with van der Waals surface area (Å²) in [6.45, 7) is 1.72. The zero-order valence-corrected chi connectivity index (χ0v) is 5.53. The number of phenolic OH excluding ortho intramolecular Hbond substituents is 1. The molecule has 0 unspecified atom stereocenters. The second-order valence-corrected chi connectivity index (χ2v) is 2.03. The summed E-state index contributed by atoms with van der Waals surface area (Å²) in [5.41, 5.74) is 0.817. The Morgan fingerprint density at radius 2 is 2.20 bits per heavy atom. The molecule has 1 rings (SSSR count). The van der Waals surface area contributed by atoms with Crippen LogP contribution >= 0.6 is 0 Å². The van der Waals surface area contributed by atoms with Crippen LogP contribution in [0.5, 0.6) is 5.75 Å². The first-order chi connectivity index (χ1) is 4.75. The van der Waals surface area contributed by atoms with Crippen LogP contribution in [0.4, 0.5) is 5.69 Å². The second kappa shape index (κ2) is 2.47. The summed E-state index contributed by atoms with van der Waals surface area (Å²) < 4.78 is 0. The van der Waals surface area contributed by atoms with E-state index in [0.29, 0.717) is 5.56 Å². The van der Waals surface area contributed by atoms with Gasteiger partial charge >= 0.3 is 0 Å². The predicted molar refractivity (Wildman–Crippen MR) is 38.3 cm³/mol. The standard InChI is InChI=1S/C7H7NO2/c1-5-3-2-4-6(9)7(5)8-10/h2-4,9H,1H3. The number of nitrogens with zero attached hydrogens (tertiary/aromatic N) is 1. The van der Waals surface area contributed by atoms with E-state index in [4.69, 9.17) is 5.11 Å². The molecule has 3 heteroatoms. The minimum atomic E-state index is -0.0602. The molecule has 1 aromatic carbocycles. The molecule has 0 aliphatic heterocycles. The van der Waals surface area contributed by atoms with Gasteiger partial charge in [-0.2, -0.15) is 0 Å². The molecule has 0 radical (unpaired) electrons. The molecule has 0 aliphatic carbocycles. The number of aromatic hydroxyl groups is 1. The van der Waals surface area contributed by atoms with Crippen molar-refractivity contribution in [1.82, 2.24) is 0 Å². The number of nitroso groups, excluding NO2 is 1. The first kappa shape index (κ1) is 6.74. The number of hydrogen-bond donors (Lipinski definition) is 1. The van der Waals surface area contributed by atoms with Gasteiger partial charge in [0.05, 0.1) is 0 Å². The lowest BCUT2D eigenvalue weighted by Gasteiger charge is -1.96. The van der Waals surface area contributed by atoms with Crippen molar-refractivity contribution in [2.45, 2.75) is 6.92 Å². The first-order valence-corrected chi connectivity index (χ1v) is 2.87. The first-order valence-electron chi connectivity index (χ1n) is 2.87. The fraction of sp³-hybridized carbons (Fsp3) is 0.143. The molecule has 1 aromatic rings. The van der Waals surface area contributed by atoms with Crippen molar-refractivity contribution in [3.05, 3.63) is 28.7 Å². The van der Waals surface area contributed by atoms with Crippen molar-refractivity contribution in [2.75, 3.05) is 0 Å². The van der Waals surface area contributed by atoms with Crippen LogP contribution < -0.4 is 0 Å². The quantitative estimate of drug-likeness (QED) is 0.602. The van der Waals surface area contributed by atoms with Gasteiger partial charge in [0.1, 0.15) is 5.75 Å². The molecule has 0 aromatic heterocycles.